The van der Waals surface area contributed by atoms with Gasteiger partial charge in [-0.05, 0) is 11.6 Å². The van der Waals surface area contributed by atoms with E-state index in [4.69, 9.17) is 11.6 Å². The van der Waals surface area contributed by atoms with Gasteiger partial charge in [0.1, 0.15) is 7.85 Å². The van der Waals surface area contributed by atoms with Gasteiger partial charge < -0.3 is 5.32 Å². The van der Waals surface area contributed by atoms with Crippen LogP contribution in [0.15, 0.2) is 24.3 Å². The van der Waals surface area contributed by atoms with Crippen molar-refractivity contribution >= 4 is 25.4 Å². The molecule has 1 aliphatic carbocycles. The number of benzene rings is 1. The summed E-state index contributed by atoms with van der Waals surface area (Å²) < 4.78 is 25.3. The van der Waals surface area contributed by atoms with Gasteiger partial charge in [-0.3, -0.25) is 4.79 Å². The number of amides is 1. The first kappa shape index (κ1) is 13.3. The van der Waals surface area contributed by atoms with E-state index < -0.39 is 17.8 Å². The molecule has 0 bridgehead atoms. The van der Waals surface area contributed by atoms with E-state index in [9.17, 15) is 13.6 Å². The maximum atomic E-state index is 12.7. The Morgan fingerprint density at radius 3 is 2.61 bits per heavy atom. The fourth-order valence-electron chi connectivity index (χ4n) is 2.06. The number of nitrogens with one attached hydrogen (secondary N) is 1. The zero-order valence-electron chi connectivity index (χ0n) is 9.92. The third-order valence-corrected chi connectivity index (χ3v) is 3.55. The Kier molecular flexibility index (Phi) is 3.62. The van der Waals surface area contributed by atoms with Crippen molar-refractivity contribution in [2.75, 3.05) is 0 Å². The van der Waals surface area contributed by atoms with Gasteiger partial charge in [-0.2, -0.15) is 0 Å². The zero-order valence-corrected chi connectivity index (χ0v) is 10.7. The largest absolute Gasteiger partial charge is 0.353 e. The van der Waals surface area contributed by atoms with E-state index in [1.165, 1.54) is 0 Å². The third kappa shape index (κ3) is 2.83. The van der Waals surface area contributed by atoms with Crippen LogP contribution in [0.4, 0.5) is 8.78 Å². The van der Waals surface area contributed by atoms with Crippen LogP contribution in [0.1, 0.15) is 24.2 Å². The summed E-state index contributed by atoms with van der Waals surface area (Å²) in [6.07, 6.45) is -0.540. The minimum absolute atomic E-state index is 0.261. The molecule has 0 radical (unpaired) electrons. The van der Waals surface area contributed by atoms with E-state index >= 15 is 0 Å². The Hall–Kier alpha value is -1.10. The quantitative estimate of drug-likeness (QED) is 0.836. The van der Waals surface area contributed by atoms with Gasteiger partial charge in [-0.1, -0.05) is 29.8 Å². The molecule has 2 rings (SSSR count). The summed E-state index contributed by atoms with van der Waals surface area (Å²) in [5.41, 5.74) is 0.711. The second kappa shape index (κ2) is 4.88. The van der Waals surface area contributed by atoms with Crippen molar-refractivity contribution in [1.29, 1.82) is 0 Å². The van der Waals surface area contributed by atoms with Gasteiger partial charge >= 0.3 is 0 Å². The number of hydrogen-bond acceptors (Lipinski definition) is 1. The molecule has 1 aromatic rings. The molecule has 0 heterocycles. The highest BCUT2D eigenvalue weighted by Crippen LogP contribution is 2.37. The fourth-order valence-corrected chi connectivity index (χ4v) is 2.36. The number of carbonyl (C=O) groups excluding carboxylic acids is 1. The molecule has 1 fully saturated rings. The van der Waals surface area contributed by atoms with Crippen LogP contribution in [0.2, 0.25) is 5.02 Å². The van der Waals surface area contributed by atoms with Crippen LogP contribution in [0.3, 0.4) is 0 Å². The Balaban J connectivity index is 1.96. The summed E-state index contributed by atoms with van der Waals surface area (Å²) in [5, 5.41) is 3.13. The number of hydrogen-bond donors (Lipinski definition) is 1. The summed E-state index contributed by atoms with van der Waals surface area (Å²) in [6, 6.07) is 6.63. The number of halogens is 3. The lowest BCUT2D eigenvalue weighted by Gasteiger charge is -2.36. The molecule has 1 saturated carbocycles. The highest BCUT2D eigenvalue weighted by Gasteiger charge is 2.46. The SMILES string of the molecule is BC(C(=O)NC1CC(F)(F)C1)c1ccccc1Cl. The lowest BCUT2D eigenvalue weighted by atomic mass is 9.79. The van der Waals surface area contributed by atoms with Crippen molar-refractivity contribution in [3.8, 4) is 0 Å². The van der Waals surface area contributed by atoms with Gasteiger partial charge in [0.15, 0.2) is 0 Å². The molecule has 1 aliphatic rings. The van der Waals surface area contributed by atoms with Gasteiger partial charge in [0.2, 0.25) is 5.91 Å². The van der Waals surface area contributed by atoms with Crippen molar-refractivity contribution in [3.63, 3.8) is 0 Å². The predicted molar refractivity (Wildman–Crippen MR) is 68.8 cm³/mol. The first-order valence-electron chi connectivity index (χ1n) is 5.82. The monoisotopic (exact) mass is 271 g/mol. The van der Waals surface area contributed by atoms with Gasteiger partial charge in [0.25, 0.3) is 5.92 Å². The molecule has 1 N–H and O–H groups in total. The predicted octanol–water partition coefficient (Wildman–Crippen LogP) is 1.93. The minimum Gasteiger partial charge on any atom is -0.353 e. The van der Waals surface area contributed by atoms with Crippen molar-refractivity contribution in [2.24, 2.45) is 0 Å². The Labute approximate surface area is 110 Å². The molecular weight excluding hydrogens is 258 g/mol. The van der Waals surface area contributed by atoms with Crippen LogP contribution < -0.4 is 5.32 Å². The Bertz CT molecular complexity index is 461. The molecule has 6 heteroatoms. The molecule has 0 saturated heterocycles. The molecule has 1 unspecified atom stereocenters. The summed E-state index contributed by atoms with van der Waals surface area (Å²) >= 11 is 5.99. The zero-order chi connectivity index (χ0) is 13.3. The van der Waals surface area contributed by atoms with Gasteiger partial charge in [-0.25, -0.2) is 8.78 Å². The van der Waals surface area contributed by atoms with Crippen molar-refractivity contribution in [1.82, 2.24) is 5.32 Å². The lowest BCUT2D eigenvalue weighted by molar-refractivity contribution is -0.128. The summed E-state index contributed by atoms with van der Waals surface area (Å²) in [5.74, 6) is -3.32. The Morgan fingerprint density at radius 1 is 1.44 bits per heavy atom. The molecule has 0 aromatic heterocycles. The van der Waals surface area contributed by atoms with Crippen LogP contribution in [-0.2, 0) is 4.79 Å². The number of carbonyl (C=O) groups is 1. The van der Waals surface area contributed by atoms with E-state index in [2.05, 4.69) is 5.32 Å². The second-order valence-electron chi connectivity index (χ2n) is 4.71. The topological polar surface area (TPSA) is 29.1 Å². The van der Waals surface area contributed by atoms with Crippen molar-refractivity contribution in [2.45, 2.75) is 30.6 Å². The second-order valence-corrected chi connectivity index (χ2v) is 5.12. The minimum atomic E-state index is -2.62. The maximum absolute atomic E-state index is 12.7. The van der Waals surface area contributed by atoms with E-state index in [1.807, 2.05) is 0 Å². The molecule has 1 aromatic carbocycles. The lowest BCUT2D eigenvalue weighted by Crippen LogP contribution is -2.51. The van der Waals surface area contributed by atoms with Crippen LogP contribution in [0.5, 0.6) is 0 Å². The first-order valence-corrected chi connectivity index (χ1v) is 6.19. The molecule has 0 spiro atoms. The van der Waals surface area contributed by atoms with E-state index in [0.717, 1.165) is 0 Å². The summed E-state index contributed by atoms with van der Waals surface area (Å²) in [6.45, 7) is 0. The normalized spacial score (nSPS) is 19.9. The van der Waals surface area contributed by atoms with Gasteiger partial charge in [-0.15, -0.1) is 0 Å². The first-order chi connectivity index (χ1) is 8.39. The molecule has 1 amide bonds. The molecule has 18 heavy (non-hydrogen) atoms. The van der Waals surface area contributed by atoms with E-state index in [1.54, 1.807) is 32.1 Å². The van der Waals surface area contributed by atoms with Crippen LogP contribution >= 0.6 is 11.6 Å². The fraction of sp³-hybridized carbons (Fsp3) is 0.417. The van der Waals surface area contributed by atoms with Gasteiger partial charge in [0.05, 0.1) is 0 Å². The molecular formula is C12H13BClF2NO. The highest BCUT2D eigenvalue weighted by atomic mass is 35.5. The smallest absolute Gasteiger partial charge is 0.252 e. The standard InChI is InChI=1S/C12H13BClF2NO/c13-10(8-3-1-2-4-9(8)14)11(18)17-7-5-12(15,16)6-7/h1-4,7,10H,5-6,13H2,(H,17,18). The summed E-state index contributed by atoms with van der Waals surface area (Å²) in [7, 11) is 1.72. The maximum Gasteiger partial charge on any atom is 0.252 e. The average molecular weight is 272 g/mol. The van der Waals surface area contributed by atoms with Crippen molar-refractivity contribution < 1.29 is 13.6 Å². The molecule has 2 nitrogen and oxygen atoms in total. The van der Waals surface area contributed by atoms with Crippen LogP contribution in [0, 0.1) is 0 Å². The molecule has 0 aliphatic heterocycles. The molecule has 96 valence electrons. The Morgan fingerprint density at radius 2 is 2.06 bits per heavy atom. The number of rotatable bonds is 3. The summed E-state index contributed by atoms with van der Waals surface area (Å²) in [4.78, 5) is 11.9. The molecule has 1 atom stereocenters. The average Bonchev–Trinajstić information content (AvgIpc) is 2.26. The number of alkyl halides is 2. The van der Waals surface area contributed by atoms with Crippen LogP contribution in [0.25, 0.3) is 0 Å². The van der Waals surface area contributed by atoms with E-state index in [-0.39, 0.29) is 18.7 Å². The van der Waals surface area contributed by atoms with E-state index in [0.29, 0.717) is 10.6 Å². The van der Waals surface area contributed by atoms with Gasteiger partial charge in [0, 0.05) is 29.7 Å². The highest BCUT2D eigenvalue weighted by molar-refractivity contribution is 6.33. The van der Waals surface area contributed by atoms with Crippen molar-refractivity contribution in [3.05, 3.63) is 34.9 Å². The van der Waals surface area contributed by atoms with Crippen LogP contribution in [-0.4, -0.2) is 25.7 Å². The third-order valence-electron chi connectivity index (χ3n) is 3.20.